The fourth-order valence-corrected chi connectivity index (χ4v) is 1.54. The minimum Gasteiger partial charge on any atom is -0.397 e. The van der Waals surface area contributed by atoms with Crippen LogP contribution < -0.4 is 11.1 Å². The predicted molar refractivity (Wildman–Crippen MR) is 69.6 cm³/mol. The van der Waals surface area contributed by atoms with E-state index in [1.54, 1.807) is 18.2 Å². The SMILES string of the molecule is CCC(O)(CC)CNc1cc(C#N)ccc1N. The van der Waals surface area contributed by atoms with E-state index >= 15 is 0 Å². The summed E-state index contributed by atoms with van der Waals surface area (Å²) in [6, 6.07) is 7.12. The Morgan fingerprint density at radius 2 is 2.06 bits per heavy atom. The van der Waals surface area contributed by atoms with Gasteiger partial charge in [0, 0.05) is 6.54 Å². The van der Waals surface area contributed by atoms with Crippen molar-refractivity contribution in [1.82, 2.24) is 0 Å². The molecule has 0 aliphatic rings. The smallest absolute Gasteiger partial charge is 0.0992 e. The molecular formula is C13H19N3O. The Balaban J connectivity index is 2.79. The normalized spacial score (nSPS) is 10.9. The lowest BCUT2D eigenvalue weighted by Crippen LogP contribution is -2.35. The quantitative estimate of drug-likeness (QED) is 0.680. The van der Waals surface area contributed by atoms with Crippen LogP contribution in [0, 0.1) is 11.3 Å². The van der Waals surface area contributed by atoms with Crippen molar-refractivity contribution in [2.24, 2.45) is 0 Å². The van der Waals surface area contributed by atoms with E-state index in [1.165, 1.54) is 0 Å². The number of nitrogen functional groups attached to an aromatic ring is 1. The molecule has 0 aromatic heterocycles. The molecule has 4 nitrogen and oxygen atoms in total. The molecule has 0 saturated heterocycles. The number of nitrogens with zero attached hydrogens (tertiary/aromatic N) is 1. The Labute approximate surface area is 102 Å². The number of anilines is 2. The van der Waals surface area contributed by atoms with E-state index in [2.05, 4.69) is 11.4 Å². The maximum absolute atomic E-state index is 10.1. The van der Waals surface area contributed by atoms with Gasteiger partial charge in [0.2, 0.25) is 0 Å². The van der Waals surface area contributed by atoms with E-state index in [1.807, 2.05) is 13.8 Å². The molecule has 0 heterocycles. The molecular weight excluding hydrogens is 214 g/mol. The minimum absolute atomic E-state index is 0.430. The second kappa shape index (κ2) is 5.55. The number of benzene rings is 1. The van der Waals surface area contributed by atoms with Gasteiger partial charge in [-0.2, -0.15) is 5.26 Å². The van der Waals surface area contributed by atoms with Gasteiger partial charge in [-0.15, -0.1) is 0 Å². The summed E-state index contributed by atoms with van der Waals surface area (Å²) >= 11 is 0. The number of hydrogen-bond acceptors (Lipinski definition) is 4. The molecule has 0 fully saturated rings. The topological polar surface area (TPSA) is 82.1 Å². The van der Waals surface area contributed by atoms with E-state index < -0.39 is 5.60 Å². The monoisotopic (exact) mass is 233 g/mol. The van der Waals surface area contributed by atoms with Gasteiger partial charge >= 0.3 is 0 Å². The van der Waals surface area contributed by atoms with Gasteiger partial charge in [-0.25, -0.2) is 0 Å². The predicted octanol–water partition coefficient (Wildman–Crippen LogP) is 2.10. The molecule has 0 amide bonds. The molecule has 1 aromatic rings. The van der Waals surface area contributed by atoms with Crippen LogP contribution in [-0.4, -0.2) is 17.3 Å². The summed E-state index contributed by atoms with van der Waals surface area (Å²) in [7, 11) is 0. The first kappa shape index (κ1) is 13.3. The van der Waals surface area contributed by atoms with E-state index in [4.69, 9.17) is 11.0 Å². The highest BCUT2D eigenvalue weighted by molar-refractivity contribution is 5.68. The van der Waals surface area contributed by atoms with E-state index in [-0.39, 0.29) is 0 Å². The highest BCUT2D eigenvalue weighted by atomic mass is 16.3. The van der Waals surface area contributed by atoms with Crippen LogP contribution in [0.15, 0.2) is 18.2 Å². The molecule has 1 aromatic carbocycles. The fraction of sp³-hybridized carbons (Fsp3) is 0.462. The first-order valence-electron chi connectivity index (χ1n) is 5.80. The molecule has 0 aliphatic carbocycles. The van der Waals surface area contributed by atoms with Gasteiger partial charge in [0.15, 0.2) is 0 Å². The third-order valence-electron chi connectivity index (χ3n) is 3.11. The zero-order valence-electron chi connectivity index (χ0n) is 10.3. The number of nitrogens with two attached hydrogens (primary N) is 1. The lowest BCUT2D eigenvalue weighted by Gasteiger charge is -2.26. The van der Waals surface area contributed by atoms with Crippen molar-refractivity contribution in [2.45, 2.75) is 32.3 Å². The lowest BCUT2D eigenvalue weighted by molar-refractivity contribution is 0.0457. The molecule has 4 N–H and O–H groups in total. The van der Waals surface area contributed by atoms with Crippen LogP contribution in [0.2, 0.25) is 0 Å². The lowest BCUT2D eigenvalue weighted by atomic mass is 9.97. The molecule has 0 aliphatic heterocycles. The number of hydrogen-bond donors (Lipinski definition) is 3. The number of nitrogens with one attached hydrogen (secondary N) is 1. The van der Waals surface area contributed by atoms with Crippen molar-refractivity contribution < 1.29 is 5.11 Å². The van der Waals surface area contributed by atoms with Gasteiger partial charge in [0.05, 0.1) is 28.6 Å². The molecule has 17 heavy (non-hydrogen) atoms. The molecule has 0 spiro atoms. The van der Waals surface area contributed by atoms with Gasteiger partial charge in [0.1, 0.15) is 0 Å². The highest BCUT2D eigenvalue weighted by Gasteiger charge is 2.21. The zero-order valence-corrected chi connectivity index (χ0v) is 10.3. The summed E-state index contributed by atoms with van der Waals surface area (Å²) in [4.78, 5) is 0. The highest BCUT2D eigenvalue weighted by Crippen LogP contribution is 2.22. The Kier molecular flexibility index (Phi) is 4.36. The van der Waals surface area contributed by atoms with Gasteiger partial charge in [-0.05, 0) is 31.0 Å². The molecule has 0 bridgehead atoms. The van der Waals surface area contributed by atoms with Crippen LogP contribution in [-0.2, 0) is 0 Å². The van der Waals surface area contributed by atoms with Gasteiger partial charge in [-0.1, -0.05) is 13.8 Å². The summed E-state index contributed by atoms with van der Waals surface area (Å²) in [5.41, 5.74) is 6.91. The first-order valence-corrected chi connectivity index (χ1v) is 5.80. The van der Waals surface area contributed by atoms with Crippen molar-refractivity contribution in [3.8, 4) is 6.07 Å². The second-order valence-corrected chi connectivity index (χ2v) is 4.20. The molecule has 1 rings (SSSR count). The van der Waals surface area contributed by atoms with Crippen LogP contribution in [0.3, 0.4) is 0 Å². The van der Waals surface area contributed by atoms with Crippen molar-refractivity contribution in [2.75, 3.05) is 17.6 Å². The van der Waals surface area contributed by atoms with Crippen molar-refractivity contribution in [3.05, 3.63) is 23.8 Å². The van der Waals surface area contributed by atoms with Crippen LogP contribution in [0.4, 0.5) is 11.4 Å². The third kappa shape index (κ3) is 3.36. The third-order valence-corrected chi connectivity index (χ3v) is 3.11. The molecule has 0 radical (unpaired) electrons. The molecule has 92 valence electrons. The van der Waals surface area contributed by atoms with E-state index in [9.17, 15) is 5.11 Å². The van der Waals surface area contributed by atoms with Gasteiger partial charge in [0.25, 0.3) is 0 Å². The summed E-state index contributed by atoms with van der Waals surface area (Å²) in [5.74, 6) is 0. The molecule has 4 heteroatoms. The van der Waals surface area contributed by atoms with Gasteiger partial charge in [-0.3, -0.25) is 0 Å². The second-order valence-electron chi connectivity index (χ2n) is 4.20. The zero-order chi connectivity index (χ0) is 12.9. The number of nitriles is 1. The van der Waals surface area contributed by atoms with Crippen molar-refractivity contribution in [3.63, 3.8) is 0 Å². The largest absolute Gasteiger partial charge is 0.397 e. The van der Waals surface area contributed by atoms with Crippen LogP contribution in [0.5, 0.6) is 0 Å². The van der Waals surface area contributed by atoms with Crippen LogP contribution >= 0.6 is 0 Å². The summed E-state index contributed by atoms with van der Waals surface area (Å²) in [5, 5.41) is 22.0. The average molecular weight is 233 g/mol. The molecule has 0 atom stereocenters. The van der Waals surface area contributed by atoms with Crippen LogP contribution in [0.25, 0.3) is 0 Å². The average Bonchev–Trinajstić information content (AvgIpc) is 2.37. The fourth-order valence-electron chi connectivity index (χ4n) is 1.54. The van der Waals surface area contributed by atoms with Crippen molar-refractivity contribution in [1.29, 1.82) is 5.26 Å². The standard InChI is InChI=1S/C13H19N3O/c1-3-13(17,4-2)9-16-12-7-10(8-14)5-6-11(12)15/h5-7,16-17H,3-4,9,15H2,1-2H3. The first-order chi connectivity index (χ1) is 8.04. The Hall–Kier alpha value is -1.73. The Morgan fingerprint density at radius 3 is 2.59 bits per heavy atom. The Bertz CT molecular complexity index is 419. The summed E-state index contributed by atoms with van der Waals surface area (Å²) < 4.78 is 0. The van der Waals surface area contributed by atoms with Crippen LogP contribution in [0.1, 0.15) is 32.3 Å². The number of rotatable bonds is 5. The van der Waals surface area contributed by atoms with E-state index in [0.29, 0.717) is 36.3 Å². The molecule has 0 unspecified atom stereocenters. The summed E-state index contributed by atoms with van der Waals surface area (Å²) in [6.07, 6.45) is 1.35. The summed E-state index contributed by atoms with van der Waals surface area (Å²) in [6.45, 7) is 4.32. The molecule has 0 saturated carbocycles. The van der Waals surface area contributed by atoms with Gasteiger partial charge < -0.3 is 16.2 Å². The van der Waals surface area contributed by atoms with E-state index in [0.717, 1.165) is 0 Å². The maximum Gasteiger partial charge on any atom is 0.0992 e. The minimum atomic E-state index is -0.727. The van der Waals surface area contributed by atoms with Crippen molar-refractivity contribution >= 4 is 11.4 Å². The maximum atomic E-state index is 10.1. The number of aliphatic hydroxyl groups is 1. The Morgan fingerprint density at radius 1 is 1.41 bits per heavy atom.